The Bertz CT molecular complexity index is 587. The topological polar surface area (TPSA) is 68.9 Å². The summed E-state index contributed by atoms with van der Waals surface area (Å²) in [5.74, 6) is -0.302. The number of hydrogen-bond donors (Lipinski definition) is 1. The molecule has 0 saturated heterocycles. The summed E-state index contributed by atoms with van der Waals surface area (Å²) in [5.41, 5.74) is 5.94. The molecule has 2 rings (SSSR count). The maximum Gasteiger partial charge on any atom is 0.216 e. The third kappa shape index (κ3) is 2.38. The number of nitrogen functional groups attached to an aromatic ring is 1. The molecule has 0 fully saturated rings. The largest absolute Gasteiger partial charge is 0.383 e. The van der Waals surface area contributed by atoms with Crippen LogP contribution in [0.3, 0.4) is 0 Å². The van der Waals surface area contributed by atoms with Crippen LogP contribution in [-0.2, 0) is 0 Å². The van der Waals surface area contributed by atoms with Crippen molar-refractivity contribution in [2.24, 2.45) is 0 Å². The molecule has 0 unspecified atom stereocenters. The third-order valence-corrected chi connectivity index (χ3v) is 2.62. The van der Waals surface area contributed by atoms with E-state index < -0.39 is 5.78 Å². The van der Waals surface area contributed by atoms with Crippen molar-refractivity contribution in [1.82, 2.24) is 9.97 Å². The summed E-state index contributed by atoms with van der Waals surface area (Å²) < 4.78 is 0. The fourth-order valence-corrected chi connectivity index (χ4v) is 1.68. The monoisotopic (exact) mass is 267 g/mol. The molecule has 0 aliphatic carbocycles. The Kier molecular flexibility index (Phi) is 3.26. The Morgan fingerprint density at radius 1 is 1.29 bits per heavy atom. The highest BCUT2D eigenvalue weighted by Crippen LogP contribution is 2.21. The van der Waals surface area contributed by atoms with Crippen LogP contribution in [0, 0.1) is 0 Å². The van der Waals surface area contributed by atoms with Crippen molar-refractivity contribution in [3.8, 4) is 0 Å². The molecule has 4 nitrogen and oxygen atoms in total. The molecule has 0 amide bonds. The molecule has 0 bridgehead atoms. The average molecular weight is 268 g/mol. The summed E-state index contributed by atoms with van der Waals surface area (Å²) in [6.45, 7) is 0. The van der Waals surface area contributed by atoms with Gasteiger partial charge in [0, 0.05) is 12.4 Å². The van der Waals surface area contributed by atoms with Gasteiger partial charge in [0.2, 0.25) is 5.78 Å². The number of carbonyl (C=O) groups excluding carboxylic acids is 1. The van der Waals surface area contributed by atoms with Gasteiger partial charge in [-0.3, -0.25) is 9.78 Å². The van der Waals surface area contributed by atoms with Gasteiger partial charge in [-0.1, -0.05) is 23.2 Å². The molecule has 0 aromatic carbocycles. The van der Waals surface area contributed by atoms with Crippen LogP contribution in [0.4, 0.5) is 5.82 Å². The lowest BCUT2D eigenvalue weighted by molar-refractivity contribution is 0.103. The molecule has 2 aromatic rings. The second-order valence-electron chi connectivity index (χ2n) is 3.25. The number of carbonyl (C=O) groups is 1. The van der Waals surface area contributed by atoms with Crippen molar-refractivity contribution in [3.63, 3.8) is 0 Å². The fourth-order valence-electron chi connectivity index (χ4n) is 1.31. The highest BCUT2D eigenvalue weighted by Gasteiger charge is 2.17. The minimum absolute atomic E-state index is 0.0983. The first kappa shape index (κ1) is 11.8. The van der Waals surface area contributed by atoms with Gasteiger partial charge >= 0.3 is 0 Å². The van der Waals surface area contributed by atoms with E-state index in [-0.39, 0.29) is 22.1 Å². The predicted octanol–water partition coefficient (Wildman–Crippen LogP) is 2.60. The number of nitrogens with two attached hydrogens (primary N) is 1. The van der Waals surface area contributed by atoms with Gasteiger partial charge in [0.1, 0.15) is 11.5 Å². The van der Waals surface area contributed by atoms with E-state index in [0.29, 0.717) is 5.02 Å². The molecule has 6 heteroatoms. The second kappa shape index (κ2) is 4.69. The molecule has 0 aliphatic heterocycles. The summed E-state index contributed by atoms with van der Waals surface area (Å²) in [6.07, 6.45) is 2.85. The van der Waals surface area contributed by atoms with Crippen molar-refractivity contribution < 1.29 is 4.79 Å². The molecule has 17 heavy (non-hydrogen) atoms. The standard InChI is InChI=1S/C11H7Cl2N3O/c12-6-4-7(11(14)16-5-6)10(17)9-8(13)2-1-3-15-9/h1-5H,(H2,14,16). The maximum absolute atomic E-state index is 12.1. The van der Waals surface area contributed by atoms with Crippen LogP contribution in [0.25, 0.3) is 0 Å². The molecule has 0 spiro atoms. The number of ketones is 1. The summed E-state index contributed by atoms with van der Waals surface area (Å²) in [5, 5.41) is 0.589. The van der Waals surface area contributed by atoms with Gasteiger partial charge in [-0.2, -0.15) is 0 Å². The predicted molar refractivity (Wildman–Crippen MR) is 66.3 cm³/mol. The van der Waals surface area contributed by atoms with E-state index in [1.54, 1.807) is 12.1 Å². The van der Waals surface area contributed by atoms with Gasteiger partial charge < -0.3 is 5.73 Å². The number of halogens is 2. The van der Waals surface area contributed by atoms with Crippen LogP contribution < -0.4 is 5.73 Å². The summed E-state index contributed by atoms with van der Waals surface area (Å²) in [4.78, 5) is 19.8. The van der Waals surface area contributed by atoms with Gasteiger partial charge in [-0.05, 0) is 18.2 Å². The second-order valence-corrected chi connectivity index (χ2v) is 4.09. The quantitative estimate of drug-likeness (QED) is 0.850. The molecule has 2 heterocycles. The first-order valence-electron chi connectivity index (χ1n) is 4.66. The lowest BCUT2D eigenvalue weighted by Crippen LogP contribution is -2.09. The van der Waals surface area contributed by atoms with E-state index in [9.17, 15) is 4.79 Å². The number of anilines is 1. The smallest absolute Gasteiger partial charge is 0.216 e. The SMILES string of the molecule is Nc1ncc(Cl)cc1C(=O)c1ncccc1Cl. The van der Waals surface area contributed by atoms with Crippen molar-refractivity contribution in [1.29, 1.82) is 0 Å². The Hall–Kier alpha value is -1.65. The van der Waals surface area contributed by atoms with Gasteiger partial charge in [0.25, 0.3) is 0 Å². The lowest BCUT2D eigenvalue weighted by Gasteiger charge is -2.05. The normalized spacial score (nSPS) is 10.2. The van der Waals surface area contributed by atoms with Gasteiger partial charge in [0.15, 0.2) is 0 Å². The molecule has 2 aromatic heterocycles. The Labute approximate surface area is 107 Å². The zero-order valence-corrected chi connectivity index (χ0v) is 10.0. The average Bonchev–Trinajstić information content (AvgIpc) is 2.32. The van der Waals surface area contributed by atoms with E-state index in [4.69, 9.17) is 28.9 Å². The number of nitrogens with zero attached hydrogens (tertiary/aromatic N) is 2. The van der Waals surface area contributed by atoms with Crippen LogP contribution in [-0.4, -0.2) is 15.8 Å². The minimum Gasteiger partial charge on any atom is -0.383 e. The number of rotatable bonds is 2. The molecule has 0 radical (unpaired) electrons. The maximum atomic E-state index is 12.1. The van der Waals surface area contributed by atoms with Gasteiger partial charge in [-0.25, -0.2) is 4.98 Å². The van der Waals surface area contributed by atoms with Crippen molar-refractivity contribution in [2.45, 2.75) is 0 Å². The first-order chi connectivity index (χ1) is 8.09. The van der Waals surface area contributed by atoms with Crippen LogP contribution in [0.2, 0.25) is 10.0 Å². The molecular formula is C11H7Cl2N3O. The Morgan fingerprint density at radius 2 is 2.06 bits per heavy atom. The minimum atomic E-state index is -0.400. The number of pyridine rings is 2. The molecule has 0 saturated carbocycles. The van der Waals surface area contributed by atoms with Crippen LogP contribution in [0.1, 0.15) is 16.1 Å². The van der Waals surface area contributed by atoms with Gasteiger partial charge in [0.05, 0.1) is 15.6 Å². The van der Waals surface area contributed by atoms with E-state index in [2.05, 4.69) is 9.97 Å². The highest BCUT2D eigenvalue weighted by molar-refractivity contribution is 6.35. The zero-order chi connectivity index (χ0) is 12.4. The first-order valence-corrected chi connectivity index (χ1v) is 5.41. The summed E-state index contributed by atoms with van der Waals surface area (Å²) in [7, 11) is 0. The van der Waals surface area contributed by atoms with Crippen molar-refractivity contribution in [3.05, 3.63) is 51.9 Å². The molecule has 2 N–H and O–H groups in total. The summed E-state index contributed by atoms with van der Waals surface area (Å²) >= 11 is 11.6. The Morgan fingerprint density at radius 3 is 2.76 bits per heavy atom. The van der Waals surface area contributed by atoms with E-state index >= 15 is 0 Å². The molecular weight excluding hydrogens is 261 g/mol. The fraction of sp³-hybridized carbons (Fsp3) is 0. The van der Waals surface area contributed by atoms with Crippen molar-refractivity contribution >= 4 is 34.8 Å². The van der Waals surface area contributed by atoms with E-state index in [1.165, 1.54) is 18.5 Å². The number of hydrogen-bond acceptors (Lipinski definition) is 4. The number of aromatic nitrogens is 2. The molecule has 0 aliphatic rings. The highest BCUT2D eigenvalue weighted by atomic mass is 35.5. The van der Waals surface area contributed by atoms with E-state index in [0.717, 1.165) is 0 Å². The lowest BCUT2D eigenvalue weighted by atomic mass is 10.1. The third-order valence-electron chi connectivity index (χ3n) is 2.10. The van der Waals surface area contributed by atoms with Crippen molar-refractivity contribution in [2.75, 3.05) is 5.73 Å². The zero-order valence-electron chi connectivity index (χ0n) is 8.52. The molecule has 0 atom stereocenters. The van der Waals surface area contributed by atoms with Crippen LogP contribution in [0.5, 0.6) is 0 Å². The van der Waals surface area contributed by atoms with Gasteiger partial charge in [-0.15, -0.1) is 0 Å². The summed E-state index contributed by atoms with van der Waals surface area (Å²) in [6, 6.07) is 4.66. The van der Waals surface area contributed by atoms with E-state index in [1.807, 2.05) is 0 Å². The molecule has 86 valence electrons. The Balaban J connectivity index is 2.51. The van der Waals surface area contributed by atoms with Crippen LogP contribution >= 0.6 is 23.2 Å². The van der Waals surface area contributed by atoms with Crippen LogP contribution in [0.15, 0.2) is 30.6 Å².